The Hall–Kier alpha value is -3.32. The second-order valence-electron chi connectivity index (χ2n) is 10.9. The van der Waals surface area contributed by atoms with Crippen molar-refractivity contribution in [3.8, 4) is 11.5 Å². The standard InChI is InChI=1S/C29H39F3N2O7S/c1-20(2)33-42(37,38)26-19-22(14-15-25(26)39-6)23(35)12-9-10-17-34(28(3,4)5)27(36)40-18-16-21-11-7-8-13-24(21)41-29(30,31)32/h7-8,11,13-15,19-20,33H,9-10,12,16-18H2,1-6H3. The summed E-state index contributed by atoms with van der Waals surface area (Å²) in [5, 5.41) is 0. The van der Waals surface area contributed by atoms with Gasteiger partial charge in [-0.1, -0.05) is 18.2 Å². The molecule has 0 aliphatic carbocycles. The molecule has 0 saturated carbocycles. The average Bonchev–Trinajstić information content (AvgIpc) is 2.86. The maximum atomic E-state index is 12.9. The van der Waals surface area contributed by atoms with E-state index in [2.05, 4.69) is 9.46 Å². The number of carbonyl (C=O) groups is 2. The molecule has 0 aliphatic rings. The number of carbonyl (C=O) groups excluding carboxylic acids is 2. The number of para-hydroxylation sites is 1. The first kappa shape index (κ1) is 34.9. The molecule has 0 atom stereocenters. The second-order valence-corrected chi connectivity index (χ2v) is 12.5. The van der Waals surface area contributed by atoms with Crippen molar-refractivity contribution in [2.45, 2.75) is 83.1 Å². The van der Waals surface area contributed by atoms with Crippen molar-refractivity contribution >= 4 is 21.9 Å². The Labute approximate surface area is 245 Å². The first-order chi connectivity index (χ1) is 19.4. The van der Waals surface area contributed by atoms with Gasteiger partial charge in [0, 0.05) is 36.5 Å². The number of ether oxygens (including phenoxy) is 3. The lowest BCUT2D eigenvalue weighted by Crippen LogP contribution is -2.46. The van der Waals surface area contributed by atoms with Crippen LogP contribution in [0.15, 0.2) is 47.4 Å². The lowest BCUT2D eigenvalue weighted by molar-refractivity contribution is -0.274. The Bertz CT molecular complexity index is 1320. The molecule has 13 heteroatoms. The highest BCUT2D eigenvalue weighted by Crippen LogP contribution is 2.28. The summed E-state index contributed by atoms with van der Waals surface area (Å²) < 4.78 is 80.5. The van der Waals surface area contributed by atoms with Crippen molar-refractivity contribution in [2.24, 2.45) is 0 Å². The van der Waals surface area contributed by atoms with E-state index >= 15 is 0 Å². The summed E-state index contributed by atoms with van der Waals surface area (Å²) in [6.45, 7) is 8.92. The average molecular weight is 617 g/mol. The van der Waals surface area contributed by atoms with Crippen LogP contribution in [0.4, 0.5) is 18.0 Å². The summed E-state index contributed by atoms with van der Waals surface area (Å²) in [5.74, 6) is -0.491. The Morgan fingerprint density at radius 3 is 2.26 bits per heavy atom. The summed E-state index contributed by atoms with van der Waals surface area (Å²) in [5.41, 5.74) is -0.152. The molecule has 0 saturated heterocycles. The molecular formula is C29H39F3N2O7S. The number of unbranched alkanes of at least 4 members (excludes halogenated alkanes) is 1. The number of amides is 1. The quantitative estimate of drug-likeness (QED) is 0.201. The molecule has 0 spiro atoms. The SMILES string of the molecule is COc1ccc(C(=O)CCCCN(C(=O)OCCc2ccccc2OC(F)(F)F)C(C)(C)C)cc1S(=O)(=O)NC(C)C. The van der Waals surface area contributed by atoms with Crippen LogP contribution in [0, 0.1) is 0 Å². The van der Waals surface area contributed by atoms with Crippen LogP contribution in [0.3, 0.4) is 0 Å². The minimum Gasteiger partial charge on any atom is -0.495 e. The molecule has 0 unspecified atom stereocenters. The van der Waals surface area contributed by atoms with Gasteiger partial charge in [-0.2, -0.15) is 0 Å². The fourth-order valence-corrected chi connectivity index (χ4v) is 5.54. The van der Waals surface area contributed by atoms with Crippen LogP contribution in [0.1, 0.15) is 69.8 Å². The lowest BCUT2D eigenvalue weighted by atomic mass is 10.0. The number of nitrogens with one attached hydrogen (secondary N) is 1. The van der Waals surface area contributed by atoms with E-state index in [9.17, 15) is 31.2 Å². The minimum absolute atomic E-state index is 0.0245. The highest BCUT2D eigenvalue weighted by atomic mass is 32.2. The van der Waals surface area contributed by atoms with E-state index in [4.69, 9.17) is 9.47 Å². The number of Topliss-reactive ketones (excluding diaryl/α,β-unsaturated/α-hetero) is 1. The Morgan fingerprint density at radius 1 is 1.00 bits per heavy atom. The Kier molecular flexibility index (Phi) is 12.2. The van der Waals surface area contributed by atoms with E-state index < -0.39 is 28.0 Å². The van der Waals surface area contributed by atoms with E-state index in [1.165, 1.54) is 48.4 Å². The number of halogens is 3. The van der Waals surface area contributed by atoms with Gasteiger partial charge in [-0.05, 0) is 77.3 Å². The van der Waals surface area contributed by atoms with Crippen LogP contribution in [-0.2, 0) is 21.2 Å². The molecule has 234 valence electrons. The van der Waals surface area contributed by atoms with Crippen molar-refractivity contribution in [2.75, 3.05) is 20.3 Å². The zero-order chi connectivity index (χ0) is 31.7. The zero-order valence-electron chi connectivity index (χ0n) is 24.7. The molecule has 2 rings (SSSR count). The molecule has 0 bridgehead atoms. The van der Waals surface area contributed by atoms with Crippen LogP contribution in [0.5, 0.6) is 11.5 Å². The molecule has 0 fully saturated rings. The number of sulfonamides is 1. The summed E-state index contributed by atoms with van der Waals surface area (Å²) >= 11 is 0. The number of benzene rings is 2. The Morgan fingerprint density at radius 2 is 1.67 bits per heavy atom. The van der Waals surface area contributed by atoms with E-state index in [1.807, 2.05) is 20.8 Å². The van der Waals surface area contributed by atoms with Crippen molar-refractivity contribution in [1.29, 1.82) is 0 Å². The maximum Gasteiger partial charge on any atom is 0.573 e. The van der Waals surface area contributed by atoms with Crippen LogP contribution < -0.4 is 14.2 Å². The third-order valence-corrected chi connectivity index (χ3v) is 7.71. The number of hydrogen-bond acceptors (Lipinski definition) is 7. The molecule has 0 radical (unpaired) electrons. The molecule has 2 aromatic carbocycles. The molecule has 0 aliphatic heterocycles. The summed E-state index contributed by atoms with van der Waals surface area (Å²) in [4.78, 5) is 27.1. The summed E-state index contributed by atoms with van der Waals surface area (Å²) in [6, 6.07) is 9.54. The van der Waals surface area contributed by atoms with E-state index in [0.29, 0.717) is 12.8 Å². The van der Waals surface area contributed by atoms with Gasteiger partial charge in [0.2, 0.25) is 10.0 Å². The number of nitrogens with zero attached hydrogens (tertiary/aromatic N) is 1. The molecule has 1 amide bonds. The van der Waals surface area contributed by atoms with E-state index in [1.54, 1.807) is 19.9 Å². The van der Waals surface area contributed by atoms with Gasteiger partial charge < -0.3 is 19.1 Å². The Balaban J connectivity index is 1.97. The van der Waals surface area contributed by atoms with Gasteiger partial charge in [-0.3, -0.25) is 4.79 Å². The van der Waals surface area contributed by atoms with Gasteiger partial charge in [-0.15, -0.1) is 13.2 Å². The van der Waals surface area contributed by atoms with Crippen LogP contribution in [0.25, 0.3) is 0 Å². The fourth-order valence-electron chi connectivity index (χ4n) is 4.10. The number of alkyl halides is 3. The van der Waals surface area contributed by atoms with Gasteiger partial charge in [-0.25, -0.2) is 17.9 Å². The zero-order valence-corrected chi connectivity index (χ0v) is 25.5. The minimum atomic E-state index is -4.84. The normalized spacial score (nSPS) is 12.2. The maximum absolute atomic E-state index is 12.9. The second kappa shape index (κ2) is 14.7. The predicted molar refractivity (Wildman–Crippen MR) is 151 cm³/mol. The smallest absolute Gasteiger partial charge is 0.495 e. The van der Waals surface area contributed by atoms with Crippen molar-refractivity contribution < 1.29 is 45.4 Å². The van der Waals surface area contributed by atoms with Gasteiger partial charge in [0.1, 0.15) is 16.4 Å². The predicted octanol–water partition coefficient (Wildman–Crippen LogP) is 6.11. The first-order valence-electron chi connectivity index (χ1n) is 13.5. The molecular weight excluding hydrogens is 577 g/mol. The van der Waals surface area contributed by atoms with Crippen LogP contribution in [-0.4, -0.2) is 63.4 Å². The largest absolute Gasteiger partial charge is 0.573 e. The molecule has 2 aromatic rings. The van der Waals surface area contributed by atoms with Crippen molar-refractivity contribution in [3.63, 3.8) is 0 Å². The van der Waals surface area contributed by atoms with Crippen LogP contribution in [0.2, 0.25) is 0 Å². The van der Waals surface area contributed by atoms with Crippen LogP contribution >= 0.6 is 0 Å². The molecule has 1 N–H and O–H groups in total. The number of hydrogen-bond donors (Lipinski definition) is 1. The van der Waals surface area contributed by atoms with Crippen molar-refractivity contribution in [1.82, 2.24) is 9.62 Å². The number of methoxy groups -OCH3 is 1. The fraction of sp³-hybridized carbons (Fsp3) is 0.517. The van der Waals surface area contributed by atoms with E-state index in [0.717, 1.165) is 0 Å². The third-order valence-electron chi connectivity index (χ3n) is 6.03. The van der Waals surface area contributed by atoms with Gasteiger partial charge >= 0.3 is 12.5 Å². The monoisotopic (exact) mass is 616 g/mol. The summed E-state index contributed by atoms with van der Waals surface area (Å²) in [7, 11) is -2.55. The molecule has 0 heterocycles. The topological polar surface area (TPSA) is 111 Å². The lowest BCUT2D eigenvalue weighted by Gasteiger charge is -2.34. The first-order valence-corrected chi connectivity index (χ1v) is 14.9. The van der Waals surface area contributed by atoms with Crippen molar-refractivity contribution in [3.05, 3.63) is 53.6 Å². The van der Waals surface area contributed by atoms with Gasteiger partial charge in [0.25, 0.3) is 0 Å². The summed E-state index contributed by atoms with van der Waals surface area (Å²) in [6.07, 6.45) is -4.46. The highest BCUT2D eigenvalue weighted by Gasteiger charge is 2.32. The molecule has 9 nitrogen and oxygen atoms in total. The number of ketones is 1. The van der Waals surface area contributed by atoms with Gasteiger partial charge in [0.15, 0.2) is 5.78 Å². The highest BCUT2D eigenvalue weighted by molar-refractivity contribution is 7.89. The van der Waals surface area contributed by atoms with E-state index in [-0.39, 0.29) is 65.3 Å². The third kappa shape index (κ3) is 10.8. The molecule has 0 aromatic heterocycles. The number of rotatable bonds is 14. The molecule has 42 heavy (non-hydrogen) atoms. The van der Waals surface area contributed by atoms with Gasteiger partial charge in [0.05, 0.1) is 13.7 Å².